The highest BCUT2D eigenvalue weighted by Gasteiger charge is 2.36. The molecule has 0 radical (unpaired) electrons. The van der Waals surface area contributed by atoms with E-state index in [1.165, 1.54) is 0 Å². The predicted molar refractivity (Wildman–Crippen MR) is 66.3 cm³/mol. The van der Waals surface area contributed by atoms with Gasteiger partial charge in [-0.2, -0.15) is 0 Å². The number of aliphatic hydroxyl groups excluding tert-OH is 1. The Bertz CT molecular complexity index is 283. The summed E-state index contributed by atoms with van der Waals surface area (Å²) in [6.07, 6.45) is 4.79. The maximum Gasteiger partial charge on any atom is 0.226 e. The first-order valence-corrected chi connectivity index (χ1v) is 6.80. The van der Waals surface area contributed by atoms with E-state index in [1.54, 1.807) is 0 Å². The van der Waals surface area contributed by atoms with Crippen molar-refractivity contribution in [1.29, 1.82) is 0 Å². The van der Waals surface area contributed by atoms with Crippen LogP contribution in [0.1, 0.15) is 39.0 Å². The average molecular weight is 240 g/mol. The summed E-state index contributed by atoms with van der Waals surface area (Å²) >= 11 is 0. The molecule has 4 atom stereocenters. The minimum Gasteiger partial charge on any atom is -0.394 e. The third kappa shape index (κ3) is 2.63. The van der Waals surface area contributed by atoms with Gasteiger partial charge in [-0.25, -0.2) is 0 Å². The summed E-state index contributed by atoms with van der Waals surface area (Å²) in [6, 6.07) is 0.214. The molecule has 17 heavy (non-hydrogen) atoms. The van der Waals surface area contributed by atoms with Crippen molar-refractivity contribution in [1.82, 2.24) is 4.90 Å². The molecule has 1 aliphatic carbocycles. The lowest BCUT2D eigenvalue weighted by molar-refractivity contribution is -0.138. The van der Waals surface area contributed by atoms with Crippen LogP contribution >= 0.6 is 0 Å². The number of hydrogen-bond acceptors (Lipinski definition) is 3. The molecule has 0 spiro atoms. The molecular weight excluding hydrogens is 216 g/mol. The van der Waals surface area contributed by atoms with Crippen molar-refractivity contribution in [2.24, 2.45) is 17.6 Å². The zero-order valence-electron chi connectivity index (χ0n) is 10.6. The van der Waals surface area contributed by atoms with Crippen LogP contribution in [-0.2, 0) is 4.79 Å². The fourth-order valence-electron chi connectivity index (χ4n) is 3.13. The summed E-state index contributed by atoms with van der Waals surface area (Å²) in [5.74, 6) is 0.850. The van der Waals surface area contributed by atoms with E-state index in [0.717, 1.165) is 38.6 Å². The van der Waals surface area contributed by atoms with Gasteiger partial charge in [0, 0.05) is 18.5 Å². The monoisotopic (exact) mass is 240 g/mol. The van der Waals surface area contributed by atoms with E-state index >= 15 is 0 Å². The molecule has 4 nitrogen and oxygen atoms in total. The van der Waals surface area contributed by atoms with Crippen LogP contribution in [0, 0.1) is 11.8 Å². The molecule has 1 amide bonds. The van der Waals surface area contributed by atoms with Crippen molar-refractivity contribution in [3.05, 3.63) is 0 Å². The first kappa shape index (κ1) is 12.8. The van der Waals surface area contributed by atoms with Crippen LogP contribution in [0.4, 0.5) is 0 Å². The van der Waals surface area contributed by atoms with Crippen molar-refractivity contribution < 1.29 is 9.90 Å². The number of nitrogens with two attached hydrogens (primary N) is 1. The van der Waals surface area contributed by atoms with E-state index in [2.05, 4.69) is 6.92 Å². The Kier molecular flexibility index (Phi) is 4.05. The van der Waals surface area contributed by atoms with E-state index in [1.807, 2.05) is 4.90 Å². The Morgan fingerprint density at radius 2 is 2.18 bits per heavy atom. The van der Waals surface area contributed by atoms with Gasteiger partial charge in [0.15, 0.2) is 0 Å². The van der Waals surface area contributed by atoms with Gasteiger partial charge in [0.2, 0.25) is 5.91 Å². The van der Waals surface area contributed by atoms with Crippen LogP contribution in [0.15, 0.2) is 0 Å². The van der Waals surface area contributed by atoms with Gasteiger partial charge in [0.1, 0.15) is 0 Å². The largest absolute Gasteiger partial charge is 0.394 e. The van der Waals surface area contributed by atoms with Crippen molar-refractivity contribution in [2.75, 3.05) is 13.2 Å². The molecule has 1 saturated carbocycles. The van der Waals surface area contributed by atoms with Crippen LogP contribution in [0.25, 0.3) is 0 Å². The topological polar surface area (TPSA) is 66.6 Å². The van der Waals surface area contributed by atoms with Gasteiger partial charge in [0.25, 0.3) is 0 Å². The van der Waals surface area contributed by atoms with Gasteiger partial charge in [-0.05, 0) is 38.0 Å². The maximum absolute atomic E-state index is 12.4. The summed E-state index contributed by atoms with van der Waals surface area (Å²) in [7, 11) is 0. The first-order chi connectivity index (χ1) is 8.13. The van der Waals surface area contributed by atoms with Gasteiger partial charge in [-0.1, -0.05) is 6.92 Å². The Morgan fingerprint density at radius 3 is 2.82 bits per heavy atom. The van der Waals surface area contributed by atoms with Gasteiger partial charge in [-0.3, -0.25) is 4.79 Å². The van der Waals surface area contributed by atoms with E-state index < -0.39 is 0 Å². The summed E-state index contributed by atoms with van der Waals surface area (Å²) in [5.41, 5.74) is 6.05. The molecule has 3 N–H and O–H groups in total. The summed E-state index contributed by atoms with van der Waals surface area (Å²) < 4.78 is 0. The molecule has 2 aliphatic rings. The second-order valence-corrected chi connectivity index (χ2v) is 5.66. The van der Waals surface area contributed by atoms with E-state index in [0.29, 0.717) is 5.92 Å². The lowest BCUT2D eigenvalue weighted by Gasteiger charge is -2.34. The third-order valence-electron chi connectivity index (χ3n) is 4.48. The normalized spacial score (nSPS) is 38.4. The van der Waals surface area contributed by atoms with E-state index in [4.69, 9.17) is 5.73 Å². The Hall–Kier alpha value is -0.610. The van der Waals surface area contributed by atoms with Crippen molar-refractivity contribution >= 4 is 5.91 Å². The molecule has 1 aliphatic heterocycles. The van der Waals surface area contributed by atoms with Gasteiger partial charge in [0.05, 0.1) is 12.6 Å². The maximum atomic E-state index is 12.4. The van der Waals surface area contributed by atoms with Crippen molar-refractivity contribution in [3.8, 4) is 0 Å². The molecule has 4 unspecified atom stereocenters. The van der Waals surface area contributed by atoms with Crippen molar-refractivity contribution in [2.45, 2.75) is 51.1 Å². The number of carbonyl (C=O) groups is 1. The van der Waals surface area contributed by atoms with Gasteiger partial charge >= 0.3 is 0 Å². The highest BCUT2D eigenvalue weighted by molar-refractivity contribution is 5.79. The molecule has 2 rings (SSSR count). The van der Waals surface area contributed by atoms with Crippen LogP contribution in [0.2, 0.25) is 0 Å². The molecule has 0 aromatic carbocycles. The lowest BCUT2D eigenvalue weighted by Crippen LogP contribution is -2.45. The molecule has 98 valence electrons. The number of aliphatic hydroxyl groups is 1. The summed E-state index contributed by atoms with van der Waals surface area (Å²) in [5, 5.41) is 9.26. The van der Waals surface area contributed by atoms with Crippen LogP contribution in [0.3, 0.4) is 0 Å². The third-order valence-corrected chi connectivity index (χ3v) is 4.48. The zero-order valence-corrected chi connectivity index (χ0v) is 10.6. The fraction of sp³-hybridized carbons (Fsp3) is 0.923. The number of hydrogen-bond donors (Lipinski definition) is 2. The quantitative estimate of drug-likeness (QED) is 0.748. The minimum absolute atomic E-state index is 0.0538. The Balaban J connectivity index is 1.95. The highest BCUT2D eigenvalue weighted by atomic mass is 16.3. The molecule has 4 heteroatoms. The molecule has 1 heterocycles. The molecule has 2 fully saturated rings. The van der Waals surface area contributed by atoms with Crippen molar-refractivity contribution in [3.63, 3.8) is 0 Å². The van der Waals surface area contributed by atoms with Crippen LogP contribution in [0.5, 0.6) is 0 Å². The van der Waals surface area contributed by atoms with E-state index in [-0.39, 0.29) is 30.5 Å². The fourth-order valence-corrected chi connectivity index (χ4v) is 3.13. The first-order valence-electron chi connectivity index (χ1n) is 6.80. The average Bonchev–Trinajstić information content (AvgIpc) is 2.80. The molecule has 1 saturated heterocycles. The van der Waals surface area contributed by atoms with Crippen LogP contribution < -0.4 is 5.73 Å². The number of rotatable bonds is 2. The molecule has 0 aromatic rings. The summed E-state index contributed by atoms with van der Waals surface area (Å²) in [4.78, 5) is 14.3. The Morgan fingerprint density at radius 1 is 1.41 bits per heavy atom. The highest BCUT2D eigenvalue weighted by Crippen LogP contribution is 2.31. The molecular formula is C13H24N2O2. The number of amides is 1. The summed E-state index contributed by atoms with van der Waals surface area (Å²) in [6.45, 7) is 3.07. The number of carbonyl (C=O) groups excluding carboxylic acids is 1. The SMILES string of the molecule is CC1CCC(C(=O)N2CCCC2CO)CC1N. The van der Waals surface area contributed by atoms with E-state index in [9.17, 15) is 9.90 Å². The van der Waals surface area contributed by atoms with Gasteiger partial charge < -0.3 is 15.7 Å². The minimum atomic E-state index is 0.0538. The predicted octanol–water partition coefficient (Wildman–Crippen LogP) is 0.733. The lowest BCUT2D eigenvalue weighted by atomic mass is 9.79. The number of likely N-dealkylation sites (tertiary alicyclic amines) is 1. The smallest absolute Gasteiger partial charge is 0.226 e. The van der Waals surface area contributed by atoms with Gasteiger partial charge in [-0.15, -0.1) is 0 Å². The Labute approximate surface area is 103 Å². The molecule has 0 bridgehead atoms. The molecule has 0 aromatic heterocycles. The zero-order chi connectivity index (χ0) is 12.4. The second-order valence-electron chi connectivity index (χ2n) is 5.66. The standard InChI is InChI=1S/C13H24N2O2/c1-9-4-5-10(7-12(9)14)13(17)15-6-2-3-11(15)8-16/h9-12,16H,2-8,14H2,1H3. The second kappa shape index (κ2) is 5.36. The number of nitrogens with zero attached hydrogens (tertiary/aromatic N) is 1. The van der Waals surface area contributed by atoms with Crippen LogP contribution in [-0.4, -0.2) is 41.1 Å².